The zero-order valence-electron chi connectivity index (χ0n) is 10.1. The molecule has 2 aromatic carbocycles. The average Bonchev–Trinajstić information content (AvgIpc) is 2.41. The van der Waals surface area contributed by atoms with Gasteiger partial charge in [0, 0.05) is 11.1 Å². The molecule has 0 spiro atoms. The Bertz CT molecular complexity index is 571. The van der Waals surface area contributed by atoms with Gasteiger partial charge in [-0.1, -0.05) is 60.2 Å². The fraction of sp³-hybridized carbons (Fsp3) is 0.0667. The first-order valence-electron chi connectivity index (χ1n) is 5.67. The van der Waals surface area contributed by atoms with Crippen LogP contribution in [0.3, 0.4) is 0 Å². The number of ketones is 1. The van der Waals surface area contributed by atoms with Crippen molar-refractivity contribution in [3.63, 3.8) is 0 Å². The molecule has 0 heterocycles. The van der Waals surface area contributed by atoms with Gasteiger partial charge in [-0.3, -0.25) is 4.79 Å². The van der Waals surface area contributed by atoms with Gasteiger partial charge in [0.2, 0.25) is 5.78 Å². The molecule has 0 radical (unpaired) electrons. The lowest BCUT2D eigenvalue weighted by Crippen LogP contribution is -2.17. The first kappa shape index (κ1) is 12.0. The summed E-state index contributed by atoms with van der Waals surface area (Å²) in [6.07, 6.45) is 0. The summed E-state index contributed by atoms with van der Waals surface area (Å²) in [4.78, 5) is 12.3. The van der Waals surface area contributed by atoms with Gasteiger partial charge < -0.3 is 5.84 Å². The molecular formula is C15H14N2O. The third kappa shape index (κ3) is 2.46. The van der Waals surface area contributed by atoms with E-state index < -0.39 is 0 Å². The van der Waals surface area contributed by atoms with Crippen molar-refractivity contribution in [1.82, 2.24) is 0 Å². The molecule has 0 fully saturated rings. The number of nitrogens with two attached hydrogens (primary N) is 1. The fourth-order valence-electron chi connectivity index (χ4n) is 1.70. The van der Waals surface area contributed by atoms with Crippen LogP contribution in [0.25, 0.3) is 0 Å². The van der Waals surface area contributed by atoms with Gasteiger partial charge in [0.25, 0.3) is 0 Å². The van der Waals surface area contributed by atoms with Crippen LogP contribution in [0.1, 0.15) is 21.5 Å². The number of carbonyl (C=O) groups excluding carboxylic acids is 1. The standard InChI is InChI=1S/C15H14N2O/c1-11-7-9-13(10-8-11)15(18)14(17-16)12-5-3-2-4-6-12/h2-10H,16H2,1H3/b17-14-. The molecule has 0 bridgehead atoms. The van der Waals surface area contributed by atoms with Gasteiger partial charge in [-0.05, 0) is 6.92 Å². The summed E-state index contributed by atoms with van der Waals surface area (Å²) in [6, 6.07) is 16.6. The molecule has 2 aromatic rings. The summed E-state index contributed by atoms with van der Waals surface area (Å²) in [5, 5.41) is 3.62. The Morgan fingerprint density at radius 3 is 2.11 bits per heavy atom. The number of carbonyl (C=O) groups is 1. The number of hydrogen-bond acceptors (Lipinski definition) is 3. The van der Waals surface area contributed by atoms with Crippen molar-refractivity contribution in [2.75, 3.05) is 0 Å². The normalized spacial score (nSPS) is 11.3. The van der Waals surface area contributed by atoms with Crippen molar-refractivity contribution in [2.24, 2.45) is 10.9 Å². The summed E-state index contributed by atoms with van der Waals surface area (Å²) >= 11 is 0. The molecule has 2 N–H and O–H groups in total. The van der Waals surface area contributed by atoms with Crippen LogP contribution in [0.15, 0.2) is 59.7 Å². The third-order valence-electron chi connectivity index (χ3n) is 2.71. The molecule has 0 unspecified atom stereocenters. The number of hydrogen-bond donors (Lipinski definition) is 1. The van der Waals surface area contributed by atoms with E-state index in [0.29, 0.717) is 5.56 Å². The molecule has 3 nitrogen and oxygen atoms in total. The van der Waals surface area contributed by atoms with Crippen LogP contribution >= 0.6 is 0 Å². The highest BCUT2D eigenvalue weighted by Crippen LogP contribution is 2.09. The molecule has 0 atom stereocenters. The lowest BCUT2D eigenvalue weighted by atomic mass is 10.00. The summed E-state index contributed by atoms with van der Waals surface area (Å²) in [5.74, 6) is 5.18. The minimum Gasteiger partial charge on any atom is -0.323 e. The molecular weight excluding hydrogens is 224 g/mol. The van der Waals surface area contributed by atoms with Crippen molar-refractivity contribution in [3.05, 3.63) is 71.3 Å². The number of nitrogens with zero attached hydrogens (tertiary/aromatic N) is 1. The highest BCUT2D eigenvalue weighted by Gasteiger charge is 2.15. The van der Waals surface area contributed by atoms with Crippen molar-refractivity contribution < 1.29 is 4.79 Å². The highest BCUT2D eigenvalue weighted by molar-refractivity contribution is 6.51. The largest absolute Gasteiger partial charge is 0.323 e. The van der Waals surface area contributed by atoms with Crippen molar-refractivity contribution in [1.29, 1.82) is 0 Å². The van der Waals surface area contributed by atoms with E-state index >= 15 is 0 Å². The van der Waals surface area contributed by atoms with Gasteiger partial charge in [0.15, 0.2) is 0 Å². The zero-order chi connectivity index (χ0) is 13.0. The van der Waals surface area contributed by atoms with Gasteiger partial charge in [-0.2, -0.15) is 5.10 Å². The third-order valence-corrected chi connectivity index (χ3v) is 2.71. The lowest BCUT2D eigenvalue weighted by molar-refractivity contribution is 0.106. The van der Waals surface area contributed by atoms with Crippen LogP contribution in [-0.2, 0) is 0 Å². The quantitative estimate of drug-likeness (QED) is 0.386. The maximum Gasteiger partial charge on any atom is 0.213 e. The number of Topliss-reactive ketones (excluding diaryl/α,β-unsaturated/α-hetero) is 1. The minimum absolute atomic E-state index is 0.163. The van der Waals surface area contributed by atoms with Gasteiger partial charge in [-0.25, -0.2) is 0 Å². The molecule has 0 amide bonds. The molecule has 0 saturated heterocycles. The number of hydrazone groups is 1. The van der Waals surface area contributed by atoms with E-state index in [1.54, 1.807) is 12.1 Å². The second kappa shape index (κ2) is 5.27. The number of benzene rings is 2. The Labute approximate surface area is 106 Å². The van der Waals surface area contributed by atoms with Crippen LogP contribution < -0.4 is 5.84 Å². The SMILES string of the molecule is Cc1ccc(C(=O)/C(=N\N)c2ccccc2)cc1. The van der Waals surface area contributed by atoms with E-state index in [9.17, 15) is 4.79 Å². The molecule has 0 aliphatic carbocycles. The van der Waals surface area contributed by atoms with E-state index in [2.05, 4.69) is 5.10 Å². The van der Waals surface area contributed by atoms with Crippen LogP contribution in [-0.4, -0.2) is 11.5 Å². The molecule has 0 aliphatic rings. The Balaban J connectivity index is 2.35. The molecule has 90 valence electrons. The van der Waals surface area contributed by atoms with Crippen molar-refractivity contribution in [3.8, 4) is 0 Å². The molecule has 0 saturated carbocycles. The smallest absolute Gasteiger partial charge is 0.213 e. The van der Waals surface area contributed by atoms with E-state index in [1.165, 1.54) is 0 Å². The predicted molar refractivity (Wildman–Crippen MR) is 72.7 cm³/mol. The number of aryl methyl sites for hydroxylation is 1. The van der Waals surface area contributed by atoms with Crippen LogP contribution in [0.5, 0.6) is 0 Å². The second-order valence-electron chi connectivity index (χ2n) is 4.04. The molecule has 2 rings (SSSR count). The maximum absolute atomic E-state index is 12.3. The highest BCUT2D eigenvalue weighted by atomic mass is 16.1. The predicted octanol–water partition coefficient (Wildman–Crippen LogP) is 2.54. The van der Waals surface area contributed by atoms with Gasteiger partial charge in [-0.15, -0.1) is 0 Å². The Morgan fingerprint density at radius 1 is 0.944 bits per heavy atom. The van der Waals surface area contributed by atoms with Crippen molar-refractivity contribution in [2.45, 2.75) is 6.92 Å². The maximum atomic E-state index is 12.3. The van der Waals surface area contributed by atoms with E-state index in [1.807, 2.05) is 49.4 Å². The van der Waals surface area contributed by atoms with Crippen LogP contribution in [0, 0.1) is 6.92 Å². The molecule has 0 aliphatic heterocycles. The Morgan fingerprint density at radius 2 is 1.56 bits per heavy atom. The Kier molecular flexibility index (Phi) is 3.53. The number of rotatable bonds is 3. The van der Waals surface area contributed by atoms with E-state index in [4.69, 9.17) is 5.84 Å². The molecule has 18 heavy (non-hydrogen) atoms. The van der Waals surface area contributed by atoms with E-state index in [-0.39, 0.29) is 11.5 Å². The fourth-order valence-corrected chi connectivity index (χ4v) is 1.70. The lowest BCUT2D eigenvalue weighted by Gasteiger charge is -2.05. The summed E-state index contributed by atoms with van der Waals surface area (Å²) in [7, 11) is 0. The van der Waals surface area contributed by atoms with E-state index in [0.717, 1.165) is 11.1 Å². The van der Waals surface area contributed by atoms with Gasteiger partial charge in [0.1, 0.15) is 5.71 Å². The topological polar surface area (TPSA) is 55.5 Å². The summed E-state index contributed by atoms with van der Waals surface area (Å²) in [6.45, 7) is 1.98. The van der Waals surface area contributed by atoms with Gasteiger partial charge in [0.05, 0.1) is 0 Å². The van der Waals surface area contributed by atoms with Gasteiger partial charge >= 0.3 is 0 Å². The minimum atomic E-state index is -0.163. The van der Waals surface area contributed by atoms with Crippen LogP contribution in [0.2, 0.25) is 0 Å². The van der Waals surface area contributed by atoms with Crippen LogP contribution in [0.4, 0.5) is 0 Å². The molecule has 3 heteroatoms. The summed E-state index contributed by atoms with van der Waals surface area (Å²) < 4.78 is 0. The first-order valence-corrected chi connectivity index (χ1v) is 5.67. The van der Waals surface area contributed by atoms with Crippen molar-refractivity contribution >= 4 is 11.5 Å². The summed E-state index contributed by atoms with van der Waals surface area (Å²) in [5.41, 5.74) is 2.70. The first-order chi connectivity index (χ1) is 8.72. The Hall–Kier alpha value is -2.42. The molecule has 0 aromatic heterocycles. The average molecular weight is 238 g/mol. The monoisotopic (exact) mass is 238 g/mol. The second-order valence-corrected chi connectivity index (χ2v) is 4.04. The zero-order valence-corrected chi connectivity index (χ0v) is 10.1.